The molecule has 3 amide bonds. The molecule has 1 saturated heterocycles. The minimum absolute atomic E-state index is 0.0507. The molecule has 7 heteroatoms. The zero-order valence-corrected chi connectivity index (χ0v) is 11.0. The number of imide groups is 1. The number of nitrogens with zero attached hydrogens (tertiary/aromatic N) is 1. The van der Waals surface area contributed by atoms with E-state index < -0.39 is 23.8 Å². The van der Waals surface area contributed by atoms with Crippen LogP contribution in [0, 0.1) is 0 Å². The maximum Gasteiger partial charge on any atom is 0.335 e. The Morgan fingerprint density at radius 2 is 1.86 bits per heavy atom. The largest absolute Gasteiger partial charge is 0.345 e. The Kier molecular flexibility index (Phi) is 3.17. The van der Waals surface area contributed by atoms with Gasteiger partial charge in [0.1, 0.15) is 0 Å². The van der Waals surface area contributed by atoms with E-state index in [-0.39, 0.29) is 25.2 Å². The Hall–Kier alpha value is -2.70. The third-order valence-corrected chi connectivity index (χ3v) is 3.46. The molecule has 7 nitrogen and oxygen atoms in total. The van der Waals surface area contributed by atoms with Gasteiger partial charge in [-0.2, -0.15) is 0 Å². The molecule has 3 rings (SSSR count). The summed E-state index contributed by atoms with van der Waals surface area (Å²) in [5.41, 5.74) is 1.22. The first-order valence-corrected chi connectivity index (χ1v) is 6.52. The first-order chi connectivity index (χ1) is 10.1. The average Bonchev–Trinajstić information content (AvgIpc) is 2.94. The molecule has 0 aromatic heterocycles. The molecule has 0 saturated carbocycles. The summed E-state index contributed by atoms with van der Waals surface area (Å²) < 4.78 is 0. The van der Waals surface area contributed by atoms with E-state index in [1.165, 1.54) is 0 Å². The fourth-order valence-electron chi connectivity index (χ4n) is 2.45. The van der Waals surface area contributed by atoms with Crippen molar-refractivity contribution in [2.45, 2.75) is 25.3 Å². The van der Waals surface area contributed by atoms with Gasteiger partial charge in [0, 0.05) is 18.4 Å². The van der Waals surface area contributed by atoms with Crippen molar-refractivity contribution in [1.82, 2.24) is 10.4 Å². The van der Waals surface area contributed by atoms with Gasteiger partial charge in [-0.05, 0) is 11.6 Å². The molecule has 21 heavy (non-hydrogen) atoms. The zero-order valence-electron chi connectivity index (χ0n) is 11.0. The van der Waals surface area contributed by atoms with E-state index in [2.05, 4.69) is 5.32 Å². The maximum absolute atomic E-state index is 11.8. The summed E-state index contributed by atoms with van der Waals surface area (Å²) in [6.45, 7) is 0. The van der Waals surface area contributed by atoms with Gasteiger partial charge in [0.05, 0.1) is 12.5 Å². The molecule has 0 radical (unpaired) electrons. The molecule has 0 aliphatic carbocycles. The molecule has 0 bridgehead atoms. The highest BCUT2D eigenvalue weighted by Crippen LogP contribution is 2.28. The topological polar surface area (TPSA) is 92.8 Å². The van der Waals surface area contributed by atoms with Crippen LogP contribution < -0.4 is 5.32 Å². The number of carbonyl (C=O) groups excluding carboxylic acids is 4. The molecule has 1 atom stereocenters. The quantitative estimate of drug-likeness (QED) is 0.816. The molecule has 1 fully saturated rings. The lowest BCUT2D eigenvalue weighted by Gasteiger charge is -2.15. The van der Waals surface area contributed by atoms with Crippen LogP contribution in [-0.4, -0.2) is 28.8 Å². The molecular weight excluding hydrogens is 276 g/mol. The van der Waals surface area contributed by atoms with Crippen LogP contribution in [0.3, 0.4) is 0 Å². The van der Waals surface area contributed by atoms with Crippen LogP contribution in [0.25, 0.3) is 0 Å². The average molecular weight is 288 g/mol. The smallest absolute Gasteiger partial charge is 0.335 e. The predicted octanol–water partition coefficient (Wildman–Crippen LogP) is 0.468. The molecule has 2 aliphatic heterocycles. The van der Waals surface area contributed by atoms with E-state index in [0.29, 0.717) is 16.2 Å². The highest BCUT2D eigenvalue weighted by Gasteiger charge is 2.35. The number of rotatable bonds is 3. The first-order valence-electron chi connectivity index (χ1n) is 6.52. The molecular formula is C14H12N2O5. The Balaban J connectivity index is 1.68. The summed E-state index contributed by atoms with van der Waals surface area (Å²) in [5.74, 6) is -2.04. The summed E-state index contributed by atoms with van der Waals surface area (Å²) in [4.78, 5) is 51.1. The summed E-state index contributed by atoms with van der Waals surface area (Å²) in [5, 5.41) is 3.17. The van der Waals surface area contributed by atoms with Crippen molar-refractivity contribution >= 4 is 23.7 Å². The lowest BCUT2D eigenvalue weighted by atomic mass is 10.0. The van der Waals surface area contributed by atoms with Gasteiger partial charge in [-0.25, -0.2) is 4.79 Å². The third-order valence-electron chi connectivity index (χ3n) is 3.46. The van der Waals surface area contributed by atoms with Gasteiger partial charge in [-0.1, -0.05) is 18.2 Å². The van der Waals surface area contributed by atoms with Gasteiger partial charge in [-0.3, -0.25) is 14.4 Å². The second-order valence-electron chi connectivity index (χ2n) is 4.86. The monoisotopic (exact) mass is 288 g/mol. The number of hydrogen-bond acceptors (Lipinski definition) is 5. The fourth-order valence-corrected chi connectivity index (χ4v) is 2.45. The summed E-state index contributed by atoms with van der Waals surface area (Å²) >= 11 is 0. The highest BCUT2D eigenvalue weighted by atomic mass is 16.7. The zero-order chi connectivity index (χ0) is 15.0. The SMILES string of the molecule is O=C(C[C@@H]1NC(=O)c2ccccc21)ON1C(=O)CCC1=O. The summed E-state index contributed by atoms with van der Waals surface area (Å²) in [7, 11) is 0. The Morgan fingerprint density at radius 1 is 1.19 bits per heavy atom. The van der Waals surface area contributed by atoms with Crippen molar-refractivity contribution in [3.8, 4) is 0 Å². The van der Waals surface area contributed by atoms with Crippen molar-refractivity contribution in [2.75, 3.05) is 0 Å². The summed E-state index contributed by atoms with van der Waals surface area (Å²) in [6, 6.07) is 6.42. The number of hydroxylamine groups is 2. The number of fused-ring (bicyclic) bond motifs is 1. The number of nitrogens with one attached hydrogen (secondary N) is 1. The number of hydrogen-bond donors (Lipinski definition) is 1. The van der Waals surface area contributed by atoms with Crippen molar-refractivity contribution < 1.29 is 24.0 Å². The molecule has 2 aliphatic rings. The van der Waals surface area contributed by atoms with E-state index in [4.69, 9.17) is 4.84 Å². The van der Waals surface area contributed by atoms with Gasteiger partial charge in [0.25, 0.3) is 17.7 Å². The molecule has 1 aromatic carbocycles. The van der Waals surface area contributed by atoms with Crippen LogP contribution in [0.2, 0.25) is 0 Å². The van der Waals surface area contributed by atoms with Gasteiger partial charge < -0.3 is 10.2 Å². The Morgan fingerprint density at radius 3 is 2.57 bits per heavy atom. The third kappa shape index (κ3) is 2.37. The Labute approximate surface area is 119 Å². The van der Waals surface area contributed by atoms with Crippen LogP contribution in [0.15, 0.2) is 24.3 Å². The predicted molar refractivity (Wildman–Crippen MR) is 68.4 cm³/mol. The summed E-state index contributed by atoms with van der Waals surface area (Å²) in [6.07, 6.45) is -0.0377. The molecule has 1 aromatic rings. The van der Waals surface area contributed by atoms with Gasteiger partial charge in [0.15, 0.2) is 0 Å². The standard InChI is InChI=1S/C14H12N2O5/c17-11-5-6-12(18)16(11)21-13(19)7-10-8-3-1-2-4-9(8)14(20)15-10/h1-4,10H,5-7H2,(H,15,20)/t10-/m0/s1. The van der Waals surface area contributed by atoms with Crippen LogP contribution in [-0.2, 0) is 19.2 Å². The van der Waals surface area contributed by atoms with Crippen molar-refractivity contribution in [3.63, 3.8) is 0 Å². The van der Waals surface area contributed by atoms with E-state index in [1.807, 2.05) is 0 Å². The number of benzene rings is 1. The number of carbonyl (C=O) groups is 4. The van der Waals surface area contributed by atoms with Crippen LogP contribution >= 0.6 is 0 Å². The van der Waals surface area contributed by atoms with Crippen LogP contribution in [0.1, 0.15) is 41.2 Å². The van der Waals surface area contributed by atoms with Gasteiger partial charge >= 0.3 is 5.97 Å². The van der Waals surface area contributed by atoms with E-state index >= 15 is 0 Å². The minimum atomic E-state index is -0.736. The van der Waals surface area contributed by atoms with Crippen molar-refractivity contribution in [1.29, 1.82) is 0 Å². The van der Waals surface area contributed by atoms with E-state index in [9.17, 15) is 19.2 Å². The van der Waals surface area contributed by atoms with Gasteiger partial charge in [-0.15, -0.1) is 5.06 Å². The normalized spacial score (nSPS) is 20.5. The molecule has 0 unspecified atom stereocenters. The molecule has 0 spiro atoms. The fraction of sp³-hybridized carbons (Fsp3) is 0.286. The molecule has 2 heterocycles. The second-order valence-corrected chi connectivity index (χ2v) is 4.86. The van der Waals surface area contributed by atoms with Gasteiger partial charge in [0.2, 0.25) is 0 Å². The second kappa shape index (κ2) is 5.01. The number of amides is 3. The van der Waals surface area contributed by atoms with Crippen LogP contribution in [0.5, 0.6) is 0 Å². The molecule has 1 N–H and O–H groups in total. The lowest BCUT2D eigenvalue weighted by molar-refractivity contribution is -0.197. The molecule has 108 valence electrons. The maximum atomic E-state index is 11.8. The lowest BCUT2D eigenvalue weighted by Crippen LogP contribution is -2.33. The van der Waals surface area contributed by atoms with Crippen molar-refractivity contribution in [3.05, 3.63) is 35.4 Å². The van der Waals surface area contributed by atoms with E-state index in [1.54, 1.807) is 24.3 Å². The first kappa shape index (κ1) is 13.3. The Bertz CT molecular complexity index is 639. The van der Waals surface area contributed by atoms with Crippen LogP contribution in [0.4, 0.5) is 0 Å². The van der Waals surface area contributed by atoms with E-state index in [0.717, 1.165) is 0 Å². The van der Waals surface area contributed by atoms with Crippen molar-refractivity contribution in [2.24, 2.45) is 0 Å². The minimum Gasteiger partial charge on any atom is -0.345 e. The highest BCUT2D eigenvalue weighted by molar-refractivity contribution is 6.02.